The second-order valence-corrected chi connectivity index (χ2v) is 8.88. The highest BCUT2D eigenvalue weighted by Gasteiger charge is 2.31. The molecule has 0 saturated carbocycles. The van der Waals surface area contributed by atoms with Crippen molar-refractivity contribution in [2.45, 2.75) is 45.6 Å². The van der Waals surface area contributed by atoms with Crippen molar-refractivity contribution in [2.24, 2.45) is 0 Å². The molecule has 0 aliphatic carbocycles. The first-order valence-electron chi connectivity index (χ1n) is 12.5. The third-order valence-corrected chi connectivity index (χ3v) is 6.64. The van der Waals surface area contributed by atoms with Gasteiger partial charge in [0.05, 0.1) is 5.69 Å². The van der Waals surface area contributed by atoms with Crippen molar-refractivity contribution in [2.75, 3.05) is 24.5 Å². The second-order valence-electron chi connectivity index (χ2n) is 8.88. The van der Waals surface area contributed by atoms with E-state index < -0.39 is 6.04 Å². The Bertz CT molecular complexity index is 1200. The van der Waals surface area contributed by atoms with Gasteiger partial charge in [0.2, 0.25) is 11.8 Å². The van der Waals surface area contributed by atoms with E-state index in [-0.39, 0.29) is 24.1 Å². The molecule has 0 fully saturated rings. The van der Waals surface area contributed by atoms with Crippen LogP contribution in [0.2, 0.25) is 0 Å². The first-order chi connectivity index (χ1) is 17.0. The minimum absolute atomic E-state index is 0.0149. The third kappa shape index (κ3) is 5.21. The normalized spacial score (nSPS) is 13.2. The van der Waals surface area contributed by atoms with Crippen molar-refractivity contribution in [1.82, 2.24) is 10.2 Å². The largest absolute Gasteiger partial charge is 0.355 e. The van der Waals surface area contributed by atoms with Gasteiger partial charge >= 0.3 is 0 Å². The van der Waals surface area contributed by atoms with Crippen LogP contribution in [0.25, 0.3) is 10.8 Å². The molecule has 0 saturated heterocycles. The monoisotopic (exact) mass is 471 g/mol. The number of rotatable bonds is 11. The van der Waals surface area contributed by atoms with E-state index in [4.69, 9.17) is 0 Å². The Labute approximate surface area is 206 Å². The zero-order chi connectivity index (χ0) is 24.8. The van der Waals surface area contributed by atoms with Gasteiger partial charge in [-0.05, 0) is 49.3 Å². The summed E-state index contributed by atoms with van der Waals surface area (Å²) < 4.78 is 0. The number of hydrogen-bond acceptors (Lipinski definition) is 3. The van der Waals surface area contributed by atoms with E-state index in [9.17, 15) is 14.4 Å². The Balaban J connectivity index is 1.44. The zero-order valence-corrected chi connectivity index (χ0v) is 20.5. The highest BCUT2D eigenvalue weighted by atomic mass is 16.2. The molecule has 3 amide bonds. The molecule has 6 nitrogen and oxygen atoms in total. The van der Waals surface area contributed by atoms with Gasteiger partial charge in [0.25, 0.3) is 5.91 Å². The number of amides is 3. The lowest BCUT2D eigenvalue weighted by atomic mass is 10.1. The maximum Gasteiger partial charge on any atom is 0.258 e. The molecule has 3 aromatic rings. The first kappa shape index (κ1) is 24.5. The van der Waals surface area contributed by atoms with Crippen molar-refractivity contribution in [3.63, 3.8) is 0 Å². The summed E-state index contributed by atoms with van der Waals surface area (Å²) in [6, 6.07) is 21.2. The standard InChI is InChI=1S/C29H33N3O3/c1-3-24(28(34)30-4-2)31(20-18-21-11-6-5-7-12-21)26(33)17-10-19-32-25-16-9-14-22-13-8-15-23(27(22)25)29(32)35/h5-9,11-16,24H,3-4,10,17-20H2,1-2H3,(H,30,34). The van der Waals surface area contributed by atoms with Crippen LogP contribution in [0.3, 0.4) is 0 Å². The fourth-order valence-corrected chi connectivity index (χ4v) is 4.92. The van der Waals surface area contributed by atoms with Gasteiger partial charge in [-0.1, -0.05) is 61.5 Å². The second kappa shape index (κ2) is 11.2. The van der Waals surface area contributed by atoms with E-state index in [1.54, 1.807) is 9.80 Å². The maximum absolute atomic E-state index is 13.4. The lowest BCUT2D eigenvalue weighted by Crippen LogP contribution is -2.50. The Morgan fingerprint density at radius 1 is 0.971 bits per heavy atom. The van der Waals surface area contributed by atoms with Crippen LogP contribution in [0, 0.1) is 0 Å². The average molecular weight is 472 g/mol. The number of likely N-dealkylation sites (N-methyl/N-ethyl adjacent to an activating group) is 1. The molecule has 0 spiro atoms. The predicted molar refractivity (Wildman–Crippen MR) is 139 cm³/mol. The molecule has 182 valence electrons. The van der Waals surface area contributed by atoms with Gasteiger partial charge in [0.15, 0.2) is 0 Å². The average Bonchev–Trinajstić information content (AvgIpc) is 3.15. The van der Waals surface area contributed by atoms with Crippen LogP contribution in [-0.2, 0) is 16.0 Å². The molecule has 1 atom stereocenters. The molecule has 6 heteroatoms. The Kier molecular flexibility index (Phi) is 7.80. The summed E-state index contributed by atoms with van der Waals surface area (Å²) >= 11 is 0. The van der Waals surface area contributed by atoms with Crippen LogP contribution in [0.15, 0.2) is 66.7 Å². The number of carbonyl (C=O) groups excluding carboxylic acids is 3. The van der Waals surface area contributed by atoms with Crippen LogP contribution in [0.4, 0.5) is 5.69 Å². The molecule has 1 unspecified atom stereocenters. The fraction of sp³-hybridized carbons (Fsp3) is 0.345. The van der Waals surface area contributed by atoms with Gasteiger partial charge in [-0.15, -0.1) is 0 Å². The van der Waals surface area contributed by atoms with E-state index in [0.717, 1.165) is 27.6 Å². The fourth-order valence-electron chi connectivity index (χ4n) is 4.92. The van der Waals surface area contributed by atoms with Gasteiger partial charge < -0.3 is 15.1 Å². The van der Waals surface area contributed by atoms with E-state index in [1.807, 2.05) is 80.6 Å². The molecule has 0 aromatic heterocycles. The number of nitrogens with zero attached hydrogens (tertiary/aromatic N) is 2. The molecule has 1 aliphatic heterocycles. The number of hydrogen-bond donors (Lipinski definition) is 1. The van der Waals surface area contributed by atoms with E-state index >= 15 is 0 Å². The van der Waals surface area contributed by atoms with Gasteiger partial charge in [-0.2, -0.15) is 0 Å². The third-order valence-electron chi connectivity index (χ3n) is 6.64. The van der Waals surface area contributed by atoms with Crippen LogP contribution < -0.4 is 10.2 Å². The van der Waals surface area contributed by atoms with Gasteiger partial charge in [0, 0.05) is 37.0 Å². The lowest BCUT2D eigenvalue weighted by molar-refractivity contribution is -0.140. The van der Waals surface area contributed by atoms with Crippen molar-refractivity contribution < 1.29 is 14.4 Å². The summed E-state index contributed by atoms with van der Waals surface area (Å²) in [5, 5.41) is 4.90. The SMILES string of the molecule is CCNC(=O)C(CC)N(CCc1ccccc1)C(=O)CCCN1C(=O)c2cccc3cccc1c23. The number of benzene rings is 3. The summed E-state index contributed by atoms with van der Waals surface area (Å²) in [5.74, 6) is -0.186. The van der Waals surface area contributed by atoms with Gasteiger partial charge in [0.1, 0.15) is 6.04 Å². The van der Waals surface area contributed by atoms with Gasteiger partial charge in [-0.25, -0.2) is 0 Å². The molecule has 1 N–H and O–H groups in total. The van der Waals surface area contributed by atoms with Crippen LogP contribution in [0.1, 0.15) is 49.0 Å². The van der Waals surface area contributed by atoms with Crippen molar-refractivity contribution in [3.05, 3.63) is 77.9 Å². The highest BCUT2D eigenvalue weighted by molar-refractivity contribution is 6.25. The Hall–Kier alpha value is -3.67. The minimum Gasteiger partial charge on any atom is -0.355 e. The van der Waals surface area contributed by atoms with Crippen LogP contribution in [-0.4, -0.2) is 48.3 Å². The van der Waals surface area contributed by atoms with E-state index in [0.29, 0.717) is 38.9 Å². The molecule has 0 radical (unpaired) electrons. The maximum atomic E-state index is 13.4. The molecular formula is C29H33N3O3. The summed E-state index contributed by atoms with van der Waals surface area (Å²) in [6.07, 6.45) is 2.04. The lowest BCUT2D eigenvalue weighted by Gasteiger charge is -2.31. The summed E-state index contributed by atoms with van der Waals surface area (Å²) in [6.45, 7) is 5.28. The molecule has 1 aliphatic rings. The highest BCUT2D eigenvalue weighted by Crippen LogP contribution is 2.37. The Morgan fingerprint density at radius 3 is 2.43 bits per heavy atom. The number of carbonyl (C=O) groups is 3. The first-order valence-corrected chi connectivity index (χ1v) is 12.5. The molecule has 4 rings (SSSR count). The molecule has 0 bridgehead atoms. The van der Waals surface area contributed by atoms with Crippen molar-refractivity contribution >= 4 is 34.2 Å². The topological polar surface area (TPSA) is 69.7 Å². The zero-order valence-electron chi connectivity index (χ0n) is 20.5. The Morgan fingerprint density at radius 2 is 1.71 bits per heavy atom. The smallest absolute Gasteiger partial charge is 0.258 e. The summed E-state index contributed by atoms with van der Waals surface area (Å²) in [5.41, 5.74) is 2.76. The van der Waals surface area contributed by atoms with E-state index in [1.165, 1.54) is 0 Å². The quantitative estimate of drug-likeness (QED) is 0.446. The van der Waals surface area contributed by atoms with E-state index in [2.05, 4.69) is 5.32 Å². The molecule has 35 heavy (non-hydrogen) atoms. The summed E-state index contributed by atoms with van der Waals surface area (Å²) in [7, 11) is 0. The van der Waals surface area contributed by atoms with Crippen LogP contribution >= 0.6 is 0 Å². The summed E-state index contributed by atoms with van der Waals surface area (Å²) in [4.78, 5) is 42.7. The minimum atomic E-state index is -0.502. The number of nitrogens with one attached hydrogen (secondary N) is 1. The molecular weight excluding hydrogens is 438 g/mol. The van der Waals surface area contributed by atoms with Crippen molar-refractivity contribution in [3.8, 4) is 0 Å². The van der Waals surface area contributed by atoms with Gasteiger partial charge in [-0.3, -0.25) is 14.4 Å². The molecule has 1 heterocycles. The molecule has 3 aromatic carbocycles. The van der Waals surface area contributed by atoms with Crippen molar-refractivity contribution in [1.29, 1.82) is 0 Å². The number of anilines is 1. The van der Waals surface area contributed by atoms with Crippen LogP contribution in [0.5, 0.6) is 0 Å². The predicted octanol–water partition coefficient (Wildman–Crippen LogP) is 4.57.